The van der Waals surface area contributed by atoms with Crippen LogP contribution in [0.25, 0.3) is 0 Å². The van der Waals surface area contributed by atoms with Crippen LogP contribution in [0.4, 0.5) is 0 Å². The van der Waals surface area contributed by atoms with Crippen molar-refractivity contribution in [2.75, 3.05) is 6.54 Å². The van der Waals surface area contributed by atoms with Crippen molar-refractivity contribution in [2.24, 2.45) is 5.73 Å². The normalized spacial score (nSPS) is 12.9. The van der Waals surface area contributed by atoms with E-state index in [0.29, 0.717) is 17.9 Å². The predicted molar refractivity (Wildman–Crippen MR) is 56.4 cm³/mol. The van der Waals surface area contributed by atoms with E-state index in [1.807, 2.05) is 13.8 Å². The van der Waals surface area contributed by atoms with E-state index in [9.17, 15) is 4.79 Å². The lowest BCUT2D eigenvalue weighted by Gasteiger charge is -2.10. The van der Waals surface area contributed by atoms with Gasteiger partial charge in [-0.2, -0.15) is 0 Å². The van der Waals surface area contributed by atoms with Crippen LogP contribution < -0.4 is 11.3 Å². The molecule has 0 radical (unpaired) electrons. The van der Waals surface area contributed by atoms with Crippen molar-refractivity contribution in [1.82, 2.24) is 9.97 Å². The summed E-state index contributed by atoms with van der Waals surface area (Å²) in [5.74, 6) is 0.800. The molecule has 4 nitrogen and oxygen atoms in total. The number of H-pyrrole nitrogens is 1. The molecule has 3 N–H and O–H groups in total. The number of aryl methyl sites for hydroxylation is 1. The number of aromatic nitrogens is 2. The summed E-state index contributed by atoms with van der Waals surface area (Å²) in [6, 6.07) is 0. The van der Waals surface area contributed by atoms with E-state index in [1.54, 1.807) is 6.92 Å². The van der Waals surface area contributed by atoms with Gasteiger partial charge in [-0.15, -0.1) is 0 Å². The van der Waals surface area contributed by atoms with Gasteiger partial charge in [0.15, 0.2) is 0 Å². The Bertz CT molecular complexity index is 370. The first-order valence-electron chi connectivity index (χ1n) is 4.89. The van der Waals surface area contributed by atoms with Gasteiger partial charge in [-0.05, 0) is 13.3 Å². The largest absolute Gasteiger partial charge is 0.330 e. The molecule has 1 aromatic rings. The summed E-state index contributed by atoms with van der Waals surface area (Å²) in [4.78, 5) is 18.6. The van der Waals surface area contributed by atoms with Gasteiger partial charge in [0.05, 0.1) is 5.69 Å². The molecule has 1 rings (SSSR count). The minimum atomic E-state index is -0.0489. The molecule has 1 heterocycles. The van der Waals surface area contributed by atoms with Gasteiger partial charge < -0.3 is 10.7 Å². The molecule has 0 saturated heterocycles. The molecule has 0 aliphatic heterocycles. The van der Waals surface area contributed by atoms with Gasteiger partial charge in [-0.1, -0.05) is 13.8 Å². The molecule has 0 saturated carbocycles. The molecule has 78 valence electrons. The second-order valence-electron chi connectivity index (χ2n) is 3.51. The second-order valence-corrected chi connectivity index (χ2v) is 3.51. The molecule has 0 aliphatic rings. The zero-order valence-corrected chi connectivity index (χ0v) is 8.92. The van der Waals surface area contributed by atoms with E-state index >= 15 is 0 Å². The number of nitrogens with zero attached hydrogens (tertiary/aromatic N) is 1. The van der Waals surface area contributed by atoms with E-state index < -0.39 is 0 Å². The fraction of sp³-hybridized carbons (Fsp3) is 0.600. The van der Waals surface area contributed by atoms with E-state index in [4.69, 9.17) is 5.73 Å². The van der Waals surface area contributed by atoms with Crippen LogP contribution in [0, 0.1) is 6.92 Å². The molecule has 1 atom stereocenters. The van der Waals surface area contributed by atoms with Crippen LogP contribution in [-0.2, 0) is 6.42 Å². The smallest absolute Gasteiger partial charge is 0.254 e. The summed E-state index contributed by atoms with van der Waals surface area (Å²) in [6.07, 6.45) is 0.778. The maximum Gasteiger partial charge on any atom is 0.254 e. The number of aromatic amines is 1. The molecule has 4 heteroatoms. The van der Waals surface area contributed by atoms with Crippen molar-refractivity contribution in [2.45, 2.75) is 33.1 Å². The average molecular weight is 195 g/mol. The van der Waals surface area contributed by atoms with Crippen molar-refractivity contribution in [3.8, 4) is 0 Å². The highest BCUT2D eigenvalue weighted by Crippen LogP contribution is 2.08. The monoisotopic (exact) mass is 195 g/mol. The van der Waals surface area contributed by atoms with Crippen LogP contribution in [0.3, 0.4) is 0 Å². The minimum absolute atomic E-state index is 0.0489. The number of nitrogens with two attached hydrogens (primary N) is 1. The number of nitrogens with one attached hydrogen (secondary N) is 1. The summed E-state index contributed by atoms with van der Waals surface area (Å²) in [7, 11) is 0. The molecule has 14 heavy (non-hydrogen) atoms. The zero-order valence-electron chi connectivity index (χ0n) is 8.92. The first-order valence-corrected chi connectivity index (χ1v) is 4.89. The van der Waals surface area contributed by atoms with E-state index in [2.05, 4.69) is 9.97 Å². The van der Waals surface area contributed by atoms with E-state index in [1.165, 1.54) is 0 Å². The maximum atomic E-state index is 11.5. The molecule has 0 bridgehead atoms. The van der Waals surface area contributed by atoms with Crippen molar-refractivity contribution in [3.63, 3.8) is 0 Å². The molecular formula is C10H17N3O. The molecule has 0 aromatic carbocycles. The summed E-state index contributed by atoms with van der Waals surface area (Å²) >= 11 is 0. The topological polar surface area (TPSA) is 71.8 Å². The Morgan fingerprint density at radius 1 is 1.57 bits per heavy atom. The second kappa shape index (κ2) is 4.37. The van der Waals surface area contributed by atoms with Gasteiger partial charge >= 0.3 is 0 Å². The van der Waals surface area contributed by atoms with Crippen LogP contribution in [0.5, 0.6) is 0 Å². The Morgan fingerprint density at radius 2 is 2.21 bits per heavy atom. The van der Waals surface area contributed by atoms with Gasteiger partial charge in [0.1, 0.15) is 5.82 Å². The number of hydrogen-bond acceptors (Lipinski definition) is 3. The lowest BCUT2D eigenvalue weighted by molar-refractivity contribution is 0.693. The van der Waals surface area contributed by atoms with Crippen LogP contribution in [-0.4, -0.2) is 16.5 Å². The first kappa shape index (κ1) is 10.9. The lowest BCUT2D eigenvalue weighted by atomic mass is 10.1. The number of rotatable bonds is 3. The third-order valence-corrected chi connectivity index (χ3v) is 2.43. The fourth-order valence-corrected chi connectivity index (χ4v) is 1.29. The molecule has 1 aromatic heterocycles. The lowest BCUT2D eigenvalue weighted by Crippen LogP contribution is -2.21. The van der Waals surface area contributed by atoms with Crippen LogP contribution >= 0.6 is 0 Å². The SMILES string of the molecule is CCc1nc(C(C)CN)[nH]c(=O)c1C. The molecule has 0 fully saturated rings. The van der Waals surface area contributed by atoms with E-state index in [-0.39, 0.29) is 11.5 Å². The summed E-state index contributed by atoms with van der Waals surface area (Å²) in [5, 5.41) is 0. The Labute approximate surface area is 83.6 Å². The maximum absolute atomic E-state index is 11.5. The van der Waals surface area contributed by atoms with E-state index in [0.717, 1.165) is 12.1 Å². The summed E-state index contributed by atoms with van der Waals surface area (Å²) < 4.78 is 0. The van der Waals surface area contributed by atoms with Crippen molar-refractivity contribution in [3.05, 3.63) is 27.4 Å². The Hall–Kier alpha value is -1.16. The summed E-state index contributed by atoms with van der Waals surface area (Å²) in [5.41, 5.74) is 7.05. The van der Waals surface area contributed by atoms with Gasteiger partial charge in [0, 0.05) is 18.0 Å². The average Bonchev–Trinajstić information content (AvgIpc) is 2.20. The fourth-order valence-electron chi connectivity index (χ4n) is 1.29. The minimum Gasteiger partial charge on any atom is -0.330 e. The highest BCUT2D eigenvalue weighted by atomic mass is 16.1. The third kappa shape index (κ3) is 2.01. The van der Waals surface area contributed by atoms with Gasteiger partial charge in [-0.3, -0.25) is 4.79 Å². The Balaban J connectivity index is 3.23. The van der Waals surface area contributed by atoms with Crippen molar-refractivity contribution >= 4 is 0 Å². The molecule has 0 spiro atoms. The molecule has 0 amide bonds. The molecule has 0 aliphatic carbocycles. The van der Waals surface area contributed by atoms with Crippen LogP contribution in [0.2, 0.25) is 0 Å². The van der Waals surface area contributed by atoms with Gasteiger partial charge in [0.2, 0.25) is 0 Å². The molecular weight excluding hydrogens is 178 g/mol. The van der Waals surface area contributed by atoms with Crippen molar-refractivity contribution in [1.29, 1.82) is 0 Å². The van der Waals surface area contributed by atoms with Crippen LogP contribution in [0.15, 0.2) is 4.79 Å². The van der Waals surface area contributed by atoms with Gasteiger partial charge in [-0.25, -0.2) is 4.98 Å². The van der Waals surface area contributed by atoms with Gasteiger partial charge in [0.25, 0.3) is 5.56 Å². The highest BCUT2D eigenvalue weighted by molar-refractivity contribution is 5.17. The standard InChI is InChI=1S/C10H17N3O/c1-4-8-7(3)10(14)13-9(12-8)6(2)5-11/h6H,4-5,11H2,1-3H3,(H,12,13,14). The molecule has 1 unspecified atom stereocenters. The highest BCUT2D eigenvalue weighted by Gasteiger charge is 2.10. The van der Waals surface area contributed by atoms with Crippen molar-refractivity contribution < 1.29 is 0 Å². The third-order valence-electron chi connectivity index (χ3n) is 2.43. The summed E-state index contributed by atoms with van der Waals surface area (Å²) in [6.45, 7) is 6.23. The predicted octanol–water partition coefficient (Wildman–Crippen LogP) is 0.703. The first-order chi connectivity index (χ1) is 6.60. The Morgan fingerprint density at radius 3 is 2.71 bits per heavy atom. The number of hydrogen-bond donors (Lipinski definition) is 2. The zero-order chi connectivity index (χ0) is 10.7. The quantitative estimate of drug-likeness (QED) is 0.745. The van der Waals surface area contributed by atoms with Crippen LogP contribution in [0.1, 0.15) is 36.8 Å². The Kier molecular flexibility index (Phi) is 3.41.